The summed E-state index contributed by atoms with van der Waals surface area (Å²) in [5.41, 5.74) is 0.843. The number of nitrogens with zero attached hydrogens (tertiary/aromatic N) is 1. The van der Waals surface area contributed by atoms with Crippen LogP contribution in [0.5, 0.6) is 0 Å². The SMILES string of the molecule is CCCC(C)N1CC(C(=O)N[C@H](Cc2ccccc2)C(=O)O)CC1=O. The summed E-state index contributed by atoms with van der Waals surface area (Å²) in [4.78, 5) is 37.8. The molecule has 0 bridgehead atoms. The molecule has 1 aliphatic heterocycles. The van der Waals surface area contributed by atoms with Crippen molar-refractivity contribution in [1.29, 1.82) is 0 Å². The zero-order valence-electron chi connectivity index (χ0n) is 14.8. The third-order valence-corrected chi connectivity index (χ3v) is 4.66. The number of benzene rings is 1. The smallest absolute Gasteiger partial charge is 0.326 e. The summed E-state index contributed by atoms with van der Waals surface area (Å²) < 4.78 is 0. The van der Waals surface area contributed by atoms with Gasteiger partial charge >= 0.3 is 5.97 Å². The van der Waals surface area contributed by atoms with E-state index in [0.29, 0.717) is 6.54 Å². The van der Waals surface area contributed by atoms with E-state index in [-0.39, 0.29) is 30.7 Å². The van der Waals surface area contributed by atoms with Crippen LogP contribution in [0.3, 0.4) is 0 Å². The fourth-order valence-corrected chi connectivity index (χ4v) is 3.25. The first-order valence-electron chi connectivity index (χ1n) is 8.79. The van der Waals surface area contributed by atoms with Gasteiger partial charge in [0.2, 0.25) is 11.8 Å². The Hall–Kier alpha value is -2.37. The maximum absolute atomic E-state index is 12.5. The van der Waals surface area contributed by atoms with E-state index in [4.69, 9.17) is 0 Å². The van der Waals surface area contributed by atoms with E-state index in [0.717, 1.165) is 18.4 Å². The Morgan fingerprint density at radius 3 is 2.60 bits per heavy atom. The van der Waals surface area contributed by atoms with Gasteiger partial charge < -0.3 is 15.3 Å². The van der Waals surface area contributed by atoms with Crippen molar-refractivity contribution in [2.24, 2.45) is 5.92 Å². The Morgan fingerprint density at radius 2 is 2.00 bits per heavy atom. The quantitative estimate of drug-likeness (QED) is 0.752. The van der Waals surface area contributed by atoms with Crippen LogP contribution in [0.1, 0.15) is 38.7 Å². The van der Waals surface area contributed by atoms with Crippen LogP contribution in [0.4, 0.5) is 0 Å². The van der Waals surface area contributed by atoms with Crippen molar-refractivity contribution in [3.8, 4) is 0 Å². The Bertz CT molecular complexity index is 617. The van der Waals surface area contributed by atoms with Crippen molar-refractivity contribution in [3.63, 3.8) is 0 Å². The number of aliphatic carboxylic acids is 1. The molecule has 1 fully saturated rings. The Morgan fingerprint density at radius 1 is 1.32 bits per heavy atom. The van der Waals surface area contributed by atoms with Crippen LogP contribution < -0.4 is 5.32 Å². The molecule has 0 aromatic heterocycles. The molecule has 2 rings (SSSR count). The van der Waals surface area contributed by atoms with E-state index in [1.165, 1.54) is 0 Å². The highest BCUT2D eigenvalue weighted by molar-refractivity contribution is 5.91. The minimum absolute atomic E-state index is 0.0314. The van der Waals surface area contributed by atoms with Gasteiger partial charge in [-0.25, -0.2) is 4.79 Å². The maximum atomic E-state index is 12.5. The lowest BCUT2D eigenvalue weighted by molar-refractivity contribution is -0.142. The van der Waals surface area contributed by atoms with Gasteiger partial charge in [0, 0.05) is 25.4 Å². The normalized spacial score (nSPS) is 19.5. The first-order valence-corrected chi connectivity index (χ1v) is 8.79. The lowest BCUT2D eigenvalue weighted by Crippen LogP contribution is -2.45. The van der Waals surface area contributed by atoms with E-state index in [1.807, 2.05) is 37.3 Å². The number of rotatable bonds is 8. The van der Waals surface area contributed by atoms with E-state index in [1.54, 1.807) is 4.90 Å². The fraction of sp³-hybridized carbons (Fsp3) is 0.526. The molecule has 2 amide bonds. The number of carbonyl (C=O) groups is 3. The van der Waals surface area contributed by atoms with Crippen LogP contribution in [0.25, 0.3) is 0 Å². The molecule has 1 aliphatic rings. The Labute approximate surface area is 148 Å². The van der Waals surface area contributed by atoms with Gasteiger partial charge in [-0.2, -0.15) is 0 Å². The first kappa shape index (κ1) is 19.0. The van der Waals surface area contributed by atoms with Crippen LogP contribution in [-0.4, -0.2) is 46.4 Å². The number of likely N-dealkylation sites (tertiary alicyclic amines) is 1. The van der Waals surface area contributed by atoms with Crippen molar-refractivity contribution < 1.29 is 19.5 Å². The van der Waals surface area contributed by atoms with Gasteiger partial charge in [0.15, 0.2) is 0 Å². The summed E-state index contributed by atoms with van der Waals surface area (Å²) in [5, 5.41) is 12.0. The largest absolute Gasteiger partial charge is 0.480 e. The molecule has 0 aliphatic carbocycles. The summed E-state index contributed by atoms with van der Waals surface area (Å²) in [6, 6.07) is 8.29. The highest BCUT2D eigenvalue weighted by Gasteiger charge is 2.37. The topological polar surface area (TPSA) is 86.7 Å². The molecule has 2 N–H and O–H groups in total. The predicted octanol–water partition coefficient (Wildman–Crippen LogP) is 1.84. The molecule has 1 saturated heterocycles. The predicted molar refractivity (Wildman–Crippen MR) is 93.9 cm³/mol. The second-order valence-electron chi connectivity index (χ2n) is 6.67. The molecular formula is C19H26N2O4. The molecule has 0 radical (unpaired) electrons. The van der Waals surface area contributed by atoms with Gasteiger partial charge in [0.1, 0.15) is 6.04 Å². The standard InChI is InChI=1S/C19H26N2O4/c1-3-7-13(2)21-12-15(11-17(21)22)18(23)20-16(19(24)25)10-14-8-5-4-6-9-14/h4-6,8-9,13,15-16H,3,7,10-12H2,1-2H3,(H,20,23)(H,24,25)/t13?,15?,16-/m1/s1. The van der Waals surface area contributed by atoms with Gasteiger partial charge in [0.25, 0.3) is 0 Å². The lowest BCUT2D eigenvalue weighted by Gasteiger charge is -2.24. The molecule has 6 heteroatoms. The molecule has 3 atom stereocenters. The summed E-state index contributed by atoms with van der Waals surface area (Å²) in [7, 11) is 0. The molecule has 6 nitrogen and oxygen atoms in total. The molecule has 1 heterocycles. The average Bonchev–Trinajstić information content (AvgIpc) is 2.97. The van der Waals surface area contributed by atoms with Gasteiger partial charge in [-0.3, -0.25) is 9.59 Å². The van der Waals surface area contributed by atoms with Gasteiger partial charge in [-0.15, -0.1) is 0 Å². The first-order chi connectivity index (χ1) is 11.9. The molecule has 0 saturated carbocycles. The number of carboxylic acid groups (broad SMARTS) is 1. The minimum Gasteiger partial charge on any atom is -0.480 e. The van der Waals surface area contributed by atoms with Crippen LogP contribution in [0.15, 0.2) is 30.3 Å². The summed E-state index contributed by atoms with van der Waals surface area (Å²) in [6.07, 6.45) is 2.24. The van der Waals surface area contributed by atoms with Crippen molar-refractivity contribution >= 4 is 17.8 Å². The van der Waals surface area contributed by atoms with Gasteiger partial charge in [-0.05, 0) is 18.9 Å². The van der Waals surface area contributed by atoms with Gasteiger partial charge in [-0.1, -0.05) is 43.7 Å². The second-order valence-corrected chi connectivity index (χ2v) is 6.67. The summed E-state index contributed by atoms with van der Waals surface area (Å²) >= 11 is 0. The Balaban J connectivity index is 1.97. The monoisotopic (exact) mass is 346 g/mol. The van der Waals surface area contributed by atoms with E-state index < -0.39 is 17.9 Å². The number of hydrogen-bond donors (Lipinski definition) is 2. The lowest BCUT2D eigenvalue weighted by atomic mass is 10.0. The summed E-state index contributed by atoms with van der Waals surface area (Å²) in [5.74, 6) is -1.94. The zero-order valence-corrected chi connectivity index (χ0v) is 14.8. The molecule has 136 valence electrons. The van der Waals surface area contributed by atoms with E-state index in [9.17, 15) is 19.5 Å². The number of carboxylic acids is 1. The van der Waals surface area contributed by atoms with Crippen molar-refractivity contribution in [2.75, 3.05) is 6.54 Å². The van der Waals surface area contributed by atoms with Crippen LogP contribution >= 0.6 is 0 Å². The molecular weight excluding hydrogens is 320 g/mol. The molecule has 25 heavy (non-hydrogen) atoms. The zero-order chi connectivity index (χ0) is 18.4. The maximum Gasteiger partial charge on any atom is 0.326 e. The van der Waals surface area contributed by atoms with Gasteiger partial charge in [0.05, 0.1) is 5.92 Å². The van der Waals surface area contributed by atoms with Crippen LogP contribution in [0.2, 0.25) is 0 Å². The second kappa shape index (κ2) is 8.65. The summed E-state index contributed by atoms with van der Waals surface area (Å²) in [6.45, 7) is 4.41. The number of nitrogens with one attached hydrogen (secondary N) is 1. The van der Waals surface area contributed by atoms with E-state index in [2.05, 4.69) is 12.2 Å². The third-order valence-electron chi connectivity index (χ3n) is 4.66. The average molecular weight is 346 g/mol. The molecule has 1 aromatic carbocycles. The molecule has 1 aromatic rings. The number of amides is 2. The number of hydrogen-bond acceptors (Lipinski definition) is 3. The minimum atomic E-state index is -1.07. The van der Waals surface area contributed by atoms with Crippen LogP contribution in [-0.2, 0) is 20.8 Å². The number of carbonyl (C=O) groups excluding carboxylic acids is 2. The van der Waals surface area contributed by atoms with Crippen LogP contribution in [0, 0.1) is 5.92 Å². The molecule has 0 spiro atoms. The molecule has 2 unspecified atom stereocenters. The highest BCUT2D eigenvalue weighted by atomic mass is 16.4. The highest BCUT2D eigenvalue weighted by Crippen LogP contribution is 2.22. The van der Waals surface area contributed by atoms with Crippen molar-refractivity contribution in [2.45, 2.75) is 51.6 Å². The van der Waals surface area contributed by atoms with E-state index >= 15 is 0 Å². The third kappa shape index (κ3) is 5.05. The van der Waals surface area contributed by atoms with Crippen molar-refractivity contribution in [3.05, 3.63) is 35.9 Å². The fourth-order valence-electron chi connectivity index (χ4n) is 3.25. The van der Waals surface area contributed by atoms with Crippen molar-refractivity contribution in [1.82, 2.24) is 10.2 Å². The Kier molecular flexibility index (Phi) is 6.56.